The molecule has 0 saturated heterocycles. The molecule has 0 fully saturated rings. The molecule has 1 rings (SSSR count). The minimum absolute atomic E-state index is 0.0349. The summed E-state index contributed by atoms with van der Waals surface area (Å²) in [6.07, 6.45) is 0.973. The van der Waals surface area contributed by atoms with Gasteiger partial charge < -0.3 is 0 Å². The van der Waals surface area contributed by atoms with Gasteiger partial charge in [-0.15, -0.1) is 0 Å². The highest BCUT2D eigenvalue weighted by Gasteiger charge is 2.14. The topological polar surface area (TPSA) is 73.1 Å². The van der Waals surface area contributed by atoms with E-state index in [0.717, 1.165) is 6.20 Å². The van der Waals surface area contributed by atoms with Gasteiger partial charge in [0.05, 0.1) is 9.40 Å². The van der Waals surface area contributed by atoms with E-state index in [0.29, 0.717) is 0 Å². The summed E-state index contributed by atoms with van der Waals surface area (Å²) in [6.45, 7) is 0. The van der Waals surface area contributed by atoms with Gasteiger partial charge in [-0.05, 0) is 27.5 Å². The number of hydrogen-bond donors (Lipinski definition) is 0. The number of carbonyl (C=O) groups is 1. The Labute approximate surface area is 86.0 Å². The van der Waals surface area contributed by atoms with E-state index in [-0.39, 0.29) is 15.9 Å². The van der Waals surface area contributed by atoms with Crippen molar-refractivity contribution in [3.8, 4) is 0 Å². The van der Waals surface area contributed by atoms with Gasteiger partial charge in [0.1, 0.15) is 11.9 Å². The minimum Gasteiger partial charge on any atom is -0.274 e. The standard InChI is InChI=1S/C6H2BrClN2O3/c7-4-1-3(10(12)13)2-9-5(4)6(8)11/h1-2H. The van der Waals surface area contributed by atoms with Gasteiger partial charge in [0.15, 0.2) is 0 Å². The van der Waals surface area contributed by atoms with E-state index < -0.39 is 10.2 Å². The molecule has 0 amide bonds. The van der Waals surface area contributed by atoms with Crippen molar-refractivity contribution >= 4 is 38.5 Å². The van der Waals surface area contributed by atoms with E-state index in [2.05, 4.69) is 20.9 Å². The normalized spacial score (nSPS) is 9.69. The molecule has 0 bridgehead atoms. The van der Waals surface area contributed by atoms with Gasteiger partial charge in [0.25, 0.3) is 10.9 Å². The molecule has 1 aromatic heterocycles. The molecular weight excluding hydrogens is 263 g/mol. The lowest BCUT2D eigenvalue weighted by molar-refractivity contribution is -0.385. The van der Waals surface area contributed by atoms with E-state index in [1.165, 1.54) is 6.07 Å². The van der Waals surface area contributed by atoms with Gasteiger partial charge >= 0.3 is 0 Å². The van der Waals surface area contributed by atoms with E-state index in [9.17, 15) is 14.9 Å². The van der Waals surface area contributed by atoms with Crippen LogP contribution in [0.5, 0.6) is 0 Å². The van der Waals surface area contributed by atoms with Gasteiger partial charge in [0, 0.05) is 6.07 Å². The zero-order valence-corrected chi connectivity index (χ0v) is 8.37. The summed E-state index contributed by atoms with van der Waals surface area (Å²) in [5.41, 5.74) is -0.235. The predicted octanol–water partition coefficient (Wildman–Crippen LogP) is 2.13. The molecule has 0 aromatic carbocycles. The number of aromatic nitrogens is 1. The van der Waals surface area contributed by atoms with E-state index in [4.69, 9.17) is 11.6 Å². The summed E-state index contributed by atoms with van der Waals surface area (Å²) in [5, 5.41) is 9.50. The first-order valence-corrected chi connectivity index (χ1v) is 4.19. The van der Waals surface area contributed by atoms with Crippen LogP contribution < -0.4 is 0 Å². The average Bonchev–Trinajstić information content (AvgIpc) is 2.03. The lowest BCUT2D eigenvalue weighted by atomic mass is 10.3. The van der Waals surface area contributed by atoms with Crippen LogP contribution in [-0.4, -0.2) is 15.1 Å². The van der Waals surface area contributed by atoms with Gasteiger partial charge in [-0.25, -0.2) is 4.98 Å². The highest BCUT2D eigenvalue weighted by molar-refractivity contribution is 9.10. The van der Waals surface area contributed by atoms with Crippen LogP contribution in [0, 0.1) is 10.1 Å². The summed E-state index contributed by atoms with van der Waals surface area (Å²) >= 11 is 8.08. The number of nitro groups is 1. The van der Waals surface area contributed by atoms with E-state index >= 15 is 0 Å². The summed E-state index contributed by atoms with van der Waals surface area (Å²) in [4.78, 5) is 23.8. The molecule has 68 valence electrons. The van der Waals surface area contributed by atoms with Gasteiger partial charge in [-0.1, -0.05) is 0 Å². The quantitative estimate of drug-likeness (QED) is 0.466. The maximum absolute atomic E-state index is 10.7. The minimum atomic E-state index is -0.762. The zero-order chi connectivity index (χ0) is 10.0. The van der Waals surface area contributed by atoms with Gasteiger partial charge in [-0.2, -0.15) is 0 Å². The summed E-state index contributed by atoms with van der Waals surface area (Å²) in [7, 11) is 0. The smallest absolute Gasteiger partial charge is 0.274 e. The van der Waals surface area contributed by atoms with Gasteiger partial charge in [0.2, 0.25) is 0 Å². The van der Waals surface area contributed by atoms with E-state index in [1.54, 1.807) is 0 Å². The molecule has 7 heteroatoms. The van der Waals surface area contributed by atoms with Crippen molar-refractivity contribution in [3.63, 3.8) is 0 Å². The second-order valence-corrected chi connectivity index (χ2v) is 3.25. The fraction of sp³-hybridized carbons (Fsp3) is 0. The zero-order valence-electron chi connectivity index (χ0n) is 6.03. The van der Waals surface area contributed by atoms with Crippen LogP contribution in [0.1, 0.15) is 10.5 Å². The van der Waals surface area contributed by atoms with Crippen molar-refractivity contribution in [2.75, 3.05) is 0 Å². The van der Waals surface area contributed by atoms with Crippen molar-refractivity contribution in [1.29, 1.82) is 0 Å². The molecule has 5 nitrogen and oxygen atoms in total. The average molecular weight is 265 g/mol. The number of pyridine rings is 1. The maximum atomic E-state index is 10.7. The molecule has 0 unspecified atom stereocenters. The SMILES string of the molecule is O=C(Cl)c1ncc([N+](=O)[O-])cc1Br. The van der Waals surface area contributed by atoms with Crippen molar-refractivity contribution in [1.82, 2.24) is 4.98 Å². The third-order valence-corrected chi connectivity index (χ3v) is 2.01. The Balaban J connectivity index is 3.20. The van der Waals surface area contributed by atoms with Crippen LogP contribution in [0.4, 0.5) is 5.69 Å². The van der Waals surface area contributed by atoms with Crippen LogP contribution in [0.2, 0.25) is 0 Å². The third-order valence-electron chi connectivity index (χ3n) is 1.22. The fourth-order valence-corrected chi connectivity index (χ4v) is 1.45. The molecule has 1 heterocycles. The molecule has 0 saturated carbocycles. The Kier molecular flexibility index (Phi) is 2.94. The molecule has 13 heavy (non-hydrogen) atoms. The van der Waals surface area contributed by atoms with Crippen LogP contribution in [-0.2, 0) is 0 Å². The number of carbonyl (C=O) groups excluding carboxylic acids is 1. The van der Waals surface area contributed by atoms with Crippen molar-refractivity contribution in [2.45, 2.75) is 0 Å². The molecule has 0 aliphatic heterocycles. The van der Waals surface area contributed by atoms with Crippen LogP contribution in [0.25, 0.3) is 0 Å². The molecule has 0 spiro atoms. The van der Waals surface area contributed by atoms with E-state index in [1.807, 2.05) is 0 Å². The Morgan fingerprint density at radius 3 is 2.69 bits per heavy atom. The Morgan fingerprint density at radius 1 is 1.69 bits per heavy atom. The Bertz CT molecular complexity index is 382. The highest BCUT2D eigenvalue weighted by atomic mass is 79.9. The number of nitrogens with zero attached hydrogens (tertiary/aromatic N) is 2. The Morgan fingerprint density at radius 2 is 2.31 bits per heavy atom. The number of halogens is 2. The molecule has 0 aliphatic carbocycles. The molecular formula is C6H2BrClN2O3. The lowest BCUT2D eigenvalue weighted by Crippen LogP contribution is -1.97. The first-order chi connectivity index (χ1) is 6.02. The number of rotatable bonds is 2. The molecule has 0 N–H and O–H groups in total. The molecule has 1 aromatic rings. The Hall–Kier alpha value is -1.01. The third kappa shape index (κ3) is 2.22. The van der Waals surface area contributed by atoms with Crippen molar-refractivity contribution in [3.05, 3.63) is 32.5 Å². The van der Waals surface area contributed by atoms with Gasteiger partial charge in [-0.3, -0.25) is 14.9 Å². The summed E-state index contributed by atoms with van der Waals surface area (Å²) in [6, 6.07) is 1.17. The fourth-order valence-electron chi connectivity index (χ4n) is 0.672. The second-order valence-electron chi connectivity index (χ2n) is 2.05. The summed E-state index contributed by atoms with van der Waals surface area (Å²) < 4.78 is 0.210. The maximum Gasteiger partial charge on any atom is 0.288 e. The largest absolute Gasteiger partial charge is 0.288 e. The first kappa shape index (κ1) is 10.1. The highest BCUT2D eigenvalue weighted by Crippen LogP contribution is 2.21. The van der Waals surface area contributed by atoms with Crippen molar-refractivity contribution < 1.29 is 9.72 Å². The van der Waals surface area contributed by atoms with Crippen LogP contribution in [0.15, 0.2) is 16.7 Å². The molecule has 0 atom stereocenters. The van der Waals surface area contributed by atoms with Crippen molar-refractivity contribution in [2.24, 2.45) is 0 Å². The van der Waals surface area contributed by atoms with Crippen LogP contribution in [0.3, 0.4) is 0 Å². The first-order valence-electron chi connectivity index (χ1n) is 3.02. The molecule has 0 radical (unpaired) electrons. The lowest BCUT2D eigenvalue weighted by Gasteiger charge is -1.96. The monoisotopic (exact) mass is 264 g/mol. The molecule has 0 aliphatic rings. The number of hydrogen-bond acceptors (Lipinski definition) is 4. The summed E-state index contributed by atoms with van der Waals surface area (Å²) in [5.74, 6) is 0. The predicted molar refractivity (Wildman–Crippen MR) is 48.8 cm³/mol. The second kappa shape index (κ2) is 3.80. The van der Waals surface area contributed by atoms with Crippen LogP contribution >= 0.6 is 27.5 Å².